The van der Waals surface area contributed by atoms with Crippen LogP contribution in [0.1, 0.15) is 43.0 Å². The molecule has 2 heteroatoms. The van der Waals surface area contributed by atoms with Crippen molar-refractivity contribution < 1.29 is 9.84 Å². The van der Waals surface area contributed by atoms with Crippen LogP contribution in [0.2, 0.25) is 0 Å². The van der Waals surface area contributed by atoms with Gasteiger partial charge in [0.15, 0.2) is 0 Å². The van der Waals surface area contributed by atoms with E-state index in [-0.39, 0.29) is 12.0 Å². The van der Waals surface area contributed by atoms with E-state index in [1.54, 1.807) is 0 Å². The summed E-state index contributed by atoms with van der Waals surface area (Å²) in [6, 6.07) is 14.2. The van der Waals surface area contributed by atoms with E-state index in [1.807, 2.05) is 24.3 Å². The molecule has 112 valence electrons. The summed E-state index contributed by atoms with van der Waals surface area (Å²) in [5, 5.41) is 9.06. The number of rotatable bonds is 4. The van der Waals surface area contributed by atoms with Crippen molar-refractivity contribution in [3.8, 4) is 5.75 Å². The van der Waals surface area contributed by atoms with Crippen molar-refractivity contribution in [1.29, 1.82) is 0 Å². The Morgan fingerprint density at radius 2 is 1.57 bits per heavy atom. The maximum Gasteiger partial charge on any atom is 0.123 e. The van der Waals surface area contributed by atoms with Crippen LogP contribution in [0.15, 0.2) is 42.5 Å². The second-order valence-corrected chi connectivity index (χ2v) is 6.51. The molecule has 2 rings (SSSR count). The first-order valence-electron chi connectivity index (χ1n) is 7.33. The summed E-state index contributed by atoms with van der Waals surface area (Å²) >= 11 is 0. The molecule has 2 aromatic carbocycles. The molecule has 0 aliphatic carbocycles. The normalized spacial score (nSPS) is 11.5. The van der Waals surface area contributed by atoms with E-state index in [2.05, 4.69) is 45.9 Å². The van der Waals surface area contributed by atoms with Gasteiger partial charge in [0, 0.05) is 0 Å². The number of ether oxygens (including phenoxy) is 1. The summed E-state index contributed by atoms with van der Waals surface area (Å²) in [6.07, 6.45) is 0. The van der Waals surface area contributed by atoms with E-state index in [4.69, 9.17) is 9.84 Å². The zero-order chi connectivity index (χ0) is 15.5. The van der Waals surface area contributed by atoms with Gasteiger partial charge in [0.05, 0.1) is 6.61 Å². The van der Waals surface area contributed by atoms with E-state index < -0.39 is 0 Å². The molecular weight excluding hydrogens is 260 g/mol. The molecule has 0 radical (unpaired) electrons. The Bertz CT molecular complexity index is 592. The highest BCUT2D eigenvalue weighted by atomic mass is 16.5. The molecule has 0 heterocycles. The van der Waals surface area contributed by atoms with Gasteiger partial charge in [0.25, 0.3) is 0 Å². The fraction of sp³-hybridized carbons (Fsp3) is 0.368. The van der Waals surface area contributed by atoms with Crippen molar-refractivity contribution in [3.05, 3.63) is 64.7 Å². The summed E-state index contributed by atoms with van der Waals surface area (Å²) in [5.74, 6) is 0.944. The number of benzene rings is 2. The van der Waals surface area contributed by atoms with Crippen molar-refractivity contribution in [2.75, 3.05) is 0 Å². The second-order valence-electron chi connectivity index (χ2n) is 6.51. The maximum absolute atomic E-state index is 9.06. The molecule has 0 fully saturated rings. The number of aliphatic hydroxyl groups excluding tert-OH is 1. The van der Waals surface area contributed by atoms with Crippen LogP contribution in [-0.4, -0.2) is 5.11 Å². The van der Waals surface area contributed by atoms with Gasteiger partial charge in [0.2, 0.25) is 0 Å². The quantitative estimate of drug-likeness (QED) is 0.903. The molecule has 0 aromatic heterocycles. The molecule has 0 spiro atoms. The summed E-state index contributed by atoms with van der Waals surface area (Å²) in [5.41, 5.74) is 4.56. The van der Waals surface area contributed by atoms with E-state index in [0.29, 0.717) is 6.61 Å². The Labute approximate surface area is 127 Å². The SMILES string of the molecule is Cc1ccc(OCc2ccc(CO)cc2)c(C(C)(C)C)c1. The lowest BCUT2D eigenvalue weighted by Gasteiger charge is -2.23. The van der Waals surface area contributed by atoms with Crippen LogP contribution < -0.4 is 4.74 Å². The Morgan fingerprint density at radius 3 is 2.14 bits per heavy atom. The number of hydrogen-bond donors (Lipinski definition) is 1. The molecule has 0 atom stereocenters. The number of aryl methyl sites for hydroxylation is 1. The van der Waals surface area contributed by atoms with Crippen molar-refractivity contribution in [2.24, 2.45) is 0 Å². The van der Waals surface area contributed by atoms with Crippen LogP contribution in [0.3, 0.4) is 0 Å². The molecule has 2 aromatic rings. The molecule has 2 nitrogen and oxygen atoms in total. The standard InChI is InChI=1S/C19H24O2/c1-14-5-10-18(17(11-14)19(2,3)4)21-13-16-8-6-15(12-20)7-9-16/h5-11,20H,12-13H2,1-4H3. The van der Waals surface area contributed by atoms with Crippen LogP contribution in [0.4, 0.5) is 0 Å². The van der Waals surface area contributed by atoms with Crippen molar-refractivity contribution in [2.45, 2.75) is 46.3 Å². The fourth-order valence-electron chi connectivity index (χ4n) is 2.26. The van der Waals surface area contributed by atoms with Gasteiger partial charge in [-0.2, -0.15) is 0 Å². The zero-order valence-electron chi connectivity index (χ0n) is 13.3. The van der Waals surface area contributed by atoms with Gasteiger partial charge >= 0.3 is 0 Å². The summed E-state index contributed by atoms with van der Waals surface area (Å²) in [4.78, 5) is 0. The van der Waals surface area contributed by atoms with E-state index in [1.165, 1.54) is 11.1 Å². The topological polar surface area (TPSA) is 29.5 Å². The van der Waals surface area contributed by atoms with Crippen LogP contribution in [-0.2, 0) is 18.6 Å². The molecule has 21 heavy (non-hydrogen) atoms. The third kappa shape index (κ3) is 4.08. The largest absolute Gasteiger partial charge is 0.489 e. The van der Waals surface area contributed by atoms with Gasteiger partial charge < -0.3 is 9.84 Å². The highest BCUT2D eigenvalue weighted by molar-refractivity contribution is 5.41. The smallest absolute Gasteiger partial charge is 0.123 e. The van der Waals surface area contributed by atoms with Gasteiger partial charge in [-0.3, -0.25) is 0 Å². The molecule has 0 saturated carbocycles. The van der Waals surface area contributed by atoms with E-state index in [9.17, 15) is 0 Å². The van der Waals surface area contributed by atoms with Gasteiger partial charge in [-0.15, -0.1) is 0 Å². The summed E-state index contributed by atoms with van der Waals surface area (Å²) in [7, 11) is 0. The first kappa shape index (κ1) is 15.6. The lowest BCUT2D eigenvalue weighted by Crippen LogP contribution is -2.13. The first-order valence-corrected chi connectivity index (χ1v) is 7.33. The molecule has 0 unspecified atom stereocenters. The van der Waals surface area contributed by atoms with Gasteiger partial charge in [-0.05, 0) is 35.1 Å². The maximum atomic E-state index is 9.06. The van der Waals surface area contributed by atoms with Crippen molar-refractivity contribution in [1.82, 2.24) is 0 Å². The Morgan fingerprint density at radius 1 is 0.952 bits per heavy atom. The third-order valence-electron chi connectivity index (χ3n) is 3.54. The van der Waals surface area contributed by atoms with Crippen LogP contribution in [0.5, 0.6) is 5.75 Å². The molecule has 0 saturated heterocycles. The minimum Gasteiger partial charge on any atom is -0.489 e. The Hall–Kier alpha value is -1.80. The Balaban J connectivity index is 2.15. The minimum atomic E-state index is 0.0576. The van der Waals surface area contributed by atoms with E-state index >= 15 is 0 Å². The predicted molar refractivity (Wildman–Crippen MR) is 86.6 cm³/mol. The molecule has 0 aliphatic rings. The van der Waals surface area contributed by atoms with Gasteiger partial charge in [-0.25, -0.2) is 0 Å². The highest BCUT2D eigenvalue weighted by Crippen LogP contribution is 2.32. The molecule has 1 N–H and O–H groups in total. The van der Waals surface area contributed by atoms with E-state index in [0.717, 1.165) is 16.9 Å². The molecule has 0 aliphatic heterocycles. The third-order valence-corrected chi connectivity index (χ3v) is 3.54. The number of hydrogen-bond acceptors (Lipinski definition) is 2. The van der Waals surface area contributed by atoms with Crippen LogP contribution >= 0.6 is 0 Å². The molecular formula is C19H24O2. The molecule has 0 bridgehead atoms. The van der Waals surface area contributed by atoms with Crippen molar-refractivity contribution >= 4 is 0 Å². The van der Waals surface area contributed by atoms with Crippen LogP contribution in [0.25, 0.3) is 0 Å². The zero-order valence-corrected chi connectivity index (χ0v) is 13.3. The lowest BCUT2D eigenvalue weighted by atomic mass is 9.85. The average molecular weight is 284 g/mol. The van der Waals surface area contributed by atoms with Crippen molar-refractivity contribution in [3.63, 3.8) is 0 Å². The van der Waals surface area contributed by atoms with Crippen LogP contribution in [0, 0.1) is 6.92 Å². The highest BCUT2D eigenvalue weighted by Gasteiger charge is 2.19. The lowest BCUT2D eigenvalue weighted by molar-refractivity contribution is 0.281. The second kappa shape index (κ2) is 6.31. The summed E-state index contributed by atoms with van der Waals surface area (Å²) < 4.78 is 6.02. The monoisotopic (exact) mass is 284 g/mol. The average Bonchev–Trinajstić information content (AvgIpc) is 2.45. The number of aliphatic hydroxyl groups is 1. The van der Waals surface area contributed by atoms with Gasteiger partial charge in [0.1, 0.15) is 12.4 Å². The summed E-state index contributed by atoms with van der Waals surface area (Å²) in [6.45, 7) is 9.32. The predicted octanol–water partition coefficient (Wildman–Crippen LogP) is 4.36. The first-order chi connectivity index (χ1) is 9.90. The minimum absolute atomic E-state index is 0.0576. The Kier molecular flexibility index (Phi) is 4.69. The molecule has 0 amide bonds. The fourth-order valence-corrected chi connectivity index (χ4v) is 2.26. The van der Waals surface area contributed by atoms with Gasteiger partial charge in [-0.1, -0.05) is 62.7 Å².